The van der Waals surface area contributed by atoms with Gasteiger partial charge in [0, 0.05) is 35.5 Å². The van der Waals surface area contributed by atoms with E-state index in [1.807, 2.05) is 44.2 Å². The molecule has 5 aromatic rings. The summed E-state index contributed by atoms with van der Waals surface area (Å²) in [5.74, 6) is -0.270. The first-order valence-electron chi connectivity index (χ1n) is 13.9. The molecule has 0 amide bonds. The van der Waals surface area contributed by atoms with Crippen molar-refractivity contribution < 1.29 is 4.39 Å². The highest BCUT2D eigenvalue weighted by atomic mass is 19.1. The number of nitrogens with zero attached hydrogens (tertiary/aromatic N) is 2. The van der Waals surface area contributed by atoms with E-state index >= 15 is 0 Å². The van der Waals surface area contributed by atoms with Crippen molar-refractivity contribution >= 4 is 23.1 Å². The molecule has 0 aliphatic heterocycles. The Labute approximate surface area is 245 Å². The molecule has 5 nitrogen and oxygen atoms in total. The van der Waals surface area contributed by atoms with E-state index < -0.39 is 0 Å². The van der Waals surface area contributed by atoms with Crippen molar-refractivity contribution in [1.29, 1.82) is 0 Å². The number of pyridine rings is 1. The molecule has 0 radical (unpaired) electrons. The van der Waals surface area contributed by atoms with Gasteiger partial charge in [-0.05, 0) is 66.0 Å². The lowest BCUT2D eigenvalue weighted by Crippen LogP contribution is -2.23. The summed E-state index contributed by atoms with van der Waals surface area (Å²) >= 11 is 0. The monoisotopic (exact) mass is 555 g/mol. The van der Waals surface area contributed by atoms with Crippen LogP contribution in [0.1, 0.15) is 19.4 Å². The summed E-state index contributed by atoms with van der Waals surface area (Å²) < 4.78 is 13.6. The number of H-pyrrole nitrogens is 2. The maximum Gasteiger partial charge on any atom is 0.123 e. The van der Waals surface area contributed by atoms with Crippen LogP contribution in [0.3, 0.4) is 0 Å². The summed E-state index contributed by atoms with van der Waals surface area (Å²) in [4.78, 5) is 7.89. The van der Waals surface area contributed by atoms with Gasteiger partial charge in [-0.25, -0.2) is 4.39 Å². The van der Waals surface area contributed by atoms with Gasteiger partial charge in [-0.15, -0.1) is 0 Å². The number of allylic oxidation sites excluding steroid dienone is 4. The fourth-order valence-electron chi connectivity index (χ4n) is 4.92. The van der Waals surface area contributed by atoms with Gasteiger partial charge in [-0.3, -0.25) is 10.1 Å². The van der Waals surface area contributed by atoms with Crippen LogP contribution in [0.5, 0.6) is 0 Å². The zero-order chi connectivity index (χ0) is 29.5. The smallest absolute Gasteiger partial charge is 0.123 e. The van der Waals surface area contributed by atoms with Crippen molar-refractivity contribution in [3.8, 4) is 22.5 Å². The fraction of sp³-hybridized carbons (Fsp3) is 0.111. The number of hydrogen-bond donors (Lipinski definition) is 3. The molecule has 0 aliphatic carbocycles. The van der Waals surface area contributed by atoms with Gasteiger partial charge < -0.3 is 10.3 Å². The van der Waals surface area contributed by atoms with Crippen LogP contribution in [0.4, 0.5) is 4.39 Å². The first-order chi connectivity index (χ1) is 20.5. The average molecular weight is 556 g/mol. The molecule has 6 heteroatoms. The first kappa shape index (κ1) is 28.5. The van der Waals surface area contributed by atoms with Crippen LogP contribution in [-0.4, -0.2) is 26.7 Å². The van der Waals surface area contributed by atoms with Crippen molar-refractivity contribution in [3.63, 3.8) is 0 Å². The third-order valence-corrected chi connectivity index (χ3v) is 7.18. The van der Waals surface area contributed by atoms with E-state index in [1.54, 1.807) is 24.5 Å². The Hall–Kier alpha value is -5.07. The summed E-state index contributed by atoms with van der Waals surface area (Å²) in [6.45, 7) is 13.9. The van der Waals surface area contributed by atoms with Crippen LogP contribution >= 0.6 is 0 Å². The number of nitrogens with one attached hydrogen (secondary N) is 3. The van der Waals surface area contributed by atoms with Crippen LogP contribution in [0.25, 0.3) is 45.6 Å². The Kier molecular flexibility index (Phi) is 8.85. The molecule has 3 aromatic heterocycles. The number of aromatic nitrogens is 4. The van der Waals surface area contributed by atoms with Crippen molar-refractivity contribution in [1.82, 2.24) is 25.5 Å². The van der Waals surface area contributed by atoms with E-state index in [2.05, 4.69) is 75.1 Å². The number of aromatic amines is 2. The molecule has 2 aromatic carbocycles. The zero-order valence-corrected chi connectivity index (χ0v) is 23.9. The van der Waals surface area contributed by atoms with Gasteiger partial charge in [-0.1, -0.05) is 79.9 Å². The van der Waals surface area contributed by atoms with E-state index in [4.69, 9.17) is 0 Å². The molecule has 42 heavy (non-hydrogen) atoms. The van der Waals surface area contributed by atoms with E-state index in [1.165, 1.54) is 17.7 Å². The van der Waals surface area contributed by atoms with Gasteiger partial charge in [0.2, 0.25) is 0 Å². The Morgan fingerprint density at radius 1 is 1.05 bits per heavy atom. The SMILES string of the molecule is C=C/C(=C\C(=C/C)C(=C)/C=c1/c(-c2cc3c(-c4ccc(F)cc4)cncc3[nH]2)n[nH]/c1=C/C)CNCc1ccccc1. The molecule has 0 saturated heterocycles. The van der Waals surface area contributed by atoms with Gasteiger partial charge in [0.25, 0.3) is 0 Å². The lowest BCUT2D eigenvalue weighted by atomic mass is 10.0. The molecule has 0 unspecified atom stereocenters. The predicted molar refractivity (Wildman–Crippen MR) is 172 cm³/mol. The van der Waals surface area contributed by atoms with Crippen molar-refractivity contribution in [2.24, 2.45) is 0 Å². The zero-order valence-electron chi connectivity index (χ0n) is 23.9. The number of benzene rings is 2. The quantitative estimate of drug-likeness (QED) is 0.167. The van der Waals surface area contributed by atoms with Gasteiger partial charge in [0.1, 0.15) is 11.5 Å². The molecule has 0 spiro atoms. The highest BCUT2D eigenvalue weighted by molar-refractivity contribution is 5.97. The molecule has 0 fully saturated rings. The highest BCUT2D eigenvalue weighted by Gasteiger charge is 2.13. The van der Waals surface area contributed by atoms with Crippen LogP contribution in [-0.2, 0) is 6.54 Å². The van der Waals surface area contributed by atoms with E-state index in [0.717, 1.165) is 67.2 Å². The second-order valence-corrected chi connectivity index (χ2v) is 9.95. The lowest BCUT2D eigenvalue weighted by molar-refractivity contribution is 0.628. The maximum absolute atomic E-state index is 13.6. The normalized spacial score (nSPS) is 13.2. The Morgan fingerprint density at radius 2 is 1.83 bits per heavy atom. The van der Waals surface area contributed by atoms with Crippen LogP contribution in [0, 0.1) is 5.82 Å². The summed E-state index contributed by atoms with van der Waals surface area (Å²) in [6, 6.07) is 18.8. The lowest BCUT2D eigenvalue weighted by Gasteiger charge is -2.08. The van der Waals surface area contributed by atoms with Crippen molar-refractivity contribution in [2.45, 2.75) is 20.4 Å². The van der Waals surface area contributed by atoms with Crippen LogP contribution < -0.4 is 15.9 Å². The van der Waals surface area contributed by atoms with Crippen molar-refractivity contribution in [2.75, 3.05) is 6.54 Å². The Morgan fingerprint density at radius 3 is 2.55 bits per heavy atom. The van der Waals surface area contributed by atoms with Crippen LogP contribution in [0.2, 0.25) is 0 Å². The summed E-state index contributed by atoms with van der Waals surface area (Å²) in [5, 5.41) is 14.1. The summed E-state index contributed by atoms with van der Waals surface area (Å²) in [5.41, 5.74) is 8.47. The second kappa shape index (κ2) is 13.1. The standard InChI is InChI=1S/C36H34FN5/c1-5-25(20-38-21-26-11-9-8-10-12-26)18-27(6-2)24(4)17-31-33(7-3)41-42-36(31)34-19-30-32(22-39-23-35(30)40-34)28-13-15-29(37)16-14-28/h5-19,22-23,38,40-41H,1,4,20-21H2,2-3H3/b25-18+,27-6+,31-17+,33-7+. The number of fused-ring (bicyclic) bond motifs is 1. The molecule has 0 bridgehead atoms. The molecular formula is C36H34FN5. The summed E-state index contributed by atoms with van der Waals surface area (Å²) in [7, 11) is 0. The number of rotatable bonds is 10. The third kappa shape index (κ3) is 6.29. The largest absolute Gasteiger partial charge is 0.352 e. The highest BCUT2D eigenvalue weighted by Crippen LogP contribution is 2.30. The number of hydrogen-bond acceptors (Lipinski definition) is 3. The van der Waals surface area contributed by atoms with Crippen molar-refractivity contribution in [3.05, 3.63) is 143 Å². The minimum atomic E-state index is -0.270. The van der Waals surface area contributed by atoms with Gasteiger partial charge >= 0.3 is 0 Å². The average Bonchev–Trinajstić information content (AvgIpc) is 3.63. The molecule has 3 heterocycles. The Bertz CT molecular complexity index is 1910. The molecule has 210 valence electrons. The minimum absolute atomic E-state index is 0.270. The first-order valence-corrected chi connectivity index (χ1v) is 13.9. The minimum Gasteiger partial charge on any atom is -0.352 e. The predicted octanol–water partition coefficient (Wildman–Crippen LogP) is 6.74. The number of halogens is 1. The molecular weight excluding hydrogens is 521 g/mol. The second-order valence-electron chi connectivity index (χ2n) is 9.95. The van der Waals surface area contributed by atoms with Crippen LogP contribution in [0.15, 0.2) is 121 Å². The third-order valence-electron chi connectivity index (χ3n) is 7.18. The topological polar surface area (TPSA) is 69.4 Å². The van der Waals surface area contributed by atoms with Gasteiger partial charge in [0.05, 0.1) is 22.8 Å². The molecule has 0 aliphatic rings. The maximum atomic E-state index is 13.6. The van der Waals surface area contributed by atoms with Gasteiger partial charge in [-0.2, -0.15) is 5.10 Å². The molecule has 0 atom stereocenters. The fourth-order valence-corrected chi connectivity index (χ4v) is 4.92. The van der Waals surface area contributed by atoms with E-state index in [-0.39, 0.29) is 5.82 Å². The molecule has 3 N–H and O–H groups in total. The van der Waals surface area contributed by atoms with E-state index in [0.29, 0.717) is 6.54 Å². The molecule has 0 saturated carbocycles. The molecule has 5 rings (SSSR count). The Balaban J connectivity index is 1.46. The van der Waals surface area contributed by atoms with Gasteiger partial charge in [0.15, 0.2) is 0 Å². The summed E-state index contributed by atoms with van der Waals surface area (Å²) in [6.07, 6.45) is 13.7. The van der Waals surface area contributed by atoms with E-state index in [9.17, 15) is 4.39 Å².